The van der Waals surface area contributed by atoms with Crippen LogP contribution in [0.15, 0.2) is 45.8 Å². The lowest BCUT2D eigenvalue weighted by molar-refractivity contribution is 0.290. The molecule has 0 aliphatic carbocycles. The Kier molecular flexibility index (Phi) is 5.00. The Bertz CT molecular complexity index is 1160. The molecule has 1 aromatic heterocycles. The zero-order valence-electron chi connectivity index (χ0n) is 16.5. The Morgan fingerprint density at radius 3 is 2.48 bits per heavy atom. The molecule has 2 heterocycles. The minimum Gasteiger partial charge on any atom is -0.337 e. The van der Waals surface area contributed by atoms with Gasteiger partial charge in [0, 0.05) is 12.1 Å². The number of hydrogen-bond donors (Lipinski definition) is 0. The predicted molar refractivity (Wildman–Crippen MR) is 106 cm³/mol. The van der Waals surface area contributed by atoms with Gasteiger partial charge in [0.2, 0.25) is 21.7 Å². The van der Waals surface area contributed by atoms with Crippen molar-refractivity contribution in [3.05, 3.63) is 64.8 Å². The first kappa shape index (κ1) is 19.7. The Morgan fingerprint density at radius 1 is 1.07 bits per heavy atom. The van der Waals surface area contributed by atoms with Crippen LogP contribution in [0.2, 0.25) is 0 Å². The van der Waals surface area contributed by atoms with Crippen molar-refractivity contribution < 1.29 is 17.3 Å². The third-order valence-corrected chi connectivity index (χ3v) is 7.46. The maximum Gasteiger partial charge on any atom is 0.245 e. The molecule has 8 heteroatoms. The molecule has 29 heavy (non-hydrogen) atoms. The van der Waals surface area contributed by atoms with E-state index in [1.54, 1.807) is 18.2 Å². The van der Waals surface area contributed by atoms with Crippen LogP contribution >= 0.6 is 0 Å². The lowest BCUT2D eigenvalue weighted by atomic mass is 10.1. The van der Waals surface area contributed by atoms with Crippen LogP contribution in [0.4, 0.5) is 4.39 Å². The lowest BCUT2D eigenvalue weighted by Crippen LogP contribution is -2.31. The topological polar surface area (TPSA) is 76.3 Å². The summed E-state index contributed by atoms with van der Waals surface area (Å²) in [4.78, 5) is 4.71. The molecule has 1 fully saturated rings. The molecule has 3 aromatic rings. The largest absolute Gasteiger partial charge is 0.337 e. The van der Waals surface area contributed by atoms with Crippen LogP contribution in [0, 0.1) is 26.6 Å². The second-order valence-electron chi connectivity index (χ2n) is 7.44. The maximum absolute atomic E-state index is 13.4. The van der Waals surface area contributed by atoms with Crippen LogP contribution in [0.5, 0.6) is 0 Å². The standard InChI is InChI=1S/C21H22FN3O3S/c1-13-11-15(3)19(12-14(13)2)29(26,27)25-10-4-5-18(25)21-23-20(24-28-21)16-6-8-17(22)9-7-16/h6-9,11-12,18H,4-5,10H2,1-3H3/t18-/m1/s1. The molecule has 0 bridgehead atoms. The smallest absolute Gasteiger partial charge is 0.245 e. The van der Waals surface area contributed by atoms with E-state index in [4.69, 9.17) is 4.52 Å². The van der Waals surface area contributed by atoms with E-state index in [9.17, 15) is 12.8 Å². The fraction of sp³-hybridized carbons (Fsp3) is 0.333. The third kappa shape index (κ3) is 3.58. The van der Waals surface area contributed by atoms with Gasteiger partial charge in [-0.05, 0) is 80.6 Å². The van der Waals surface area contributed by atoms with Gasteiger partial charge in [0.05, 0.1) is 4.90 Å². The molecule has 1 saturated heterocycles. The van der Waals surface area contributed by atoms with E-state index >= 15 is 0 Å². The molecule has 152 valence electrons. The van der Waals surface area contributed by atoms with Gasteiger partial charge < -0.3 is 4.52 Å². The summed E-state index contributed by atoms with van der Waals surface area (Å²) in [6.07, 6.45) is 1.32. The maximum atomic E-state index is 13.4. The Labute approximate surface area is 169 Å². The predicted octanol–water partition coefficient (Wildman–Crippen LogP) is 4.33. The average molecular weight is 415 g/mol. The van der Waals surface area contributed by atoms with Gasteiger partial charge in [-0.25, -0.2) is 12.8 Å². The molecule has 1 aliphatic heterocycles. The molecule has 0 N–H and O–H groups in total. The highest BCUT2D eigenvalue weighted by Crippen LogP contribution is 2.37. The van der Waals surface area contributed by atoms with Crippen molar-refractivity contribution in [2.45, 2.75) is 44.6 Å². The highest BCUT2D eigenvalue weighted by molar-refractivity contribution is 7.89. The molecule has 0 saturated carbocycles. The third-order valence-electron chi connectivity index (χ3n) is 5.41. The van der Waals surface area contributed by atoms with Crippen LogP contribution in [-0.2, 0) is 10.0 Å². The van der Waals surface area contributed by atoms with Gasteiger partial charge >= 0.3 is 0 Å². The second kappa shape index (κ2) is 7.35. The second-order valence-corrected chi connectivity index (χ2v) is 9.30. The van der Waals surface area contributed by atoms with E-state index in [2.05, 4.69) is 10.1 Å². The van der Waals surface area contributed by atoms with Crippen molar-refractivity contribution in [1.29, 1.82) is 0 Å². The fourth-order valence-electron chi connectivity index (χ4n) is 3.70. The zero-order chi connectivity index (χ0) is 20.8. The van der Waals surface area contributed by atoms with E-state index < -0.39 is 16.1 Å². The molecular formula is C21H22FN3O3S. The normalized spacial score (nSPS) is 17.7. The van der Waals surface area contributed by atoms with Crippen LogP contribution in [0.1, 0.15) is 41.5 Å². The van der Waals surface area contributed by atoms with E-state index in [1.807, 2.05) is 26.8 Å². The van der Waals surface area contributed by atoms with Crippen LogP contribution in [0.25, 0.3) is 11.4 Å². The van der Waals surface area contributed by atoms with Gasteiger partial charge in [0.15, 0.2) is 0 Å². The summed E-state index contributed by atoms with van der Waals surface area (Å²) in [7, 11) is -3.71. The van der Waals surface area contributed by atoms with Crippen molar-refractivity contribution in [2.75, 3.05) is 6.54 Å². The van der Waals surface area contributed by atoms with Crippen molar-refractivity contribution >= 4 is 10.0 Å². The summed E-state index contributed by atoms with van der Waals surface area (Å²) >= 11 is 0. The van der Waals surface area contributed by atoms with Crippen molar-refractivity contribution in [3.63, 3.8) is 0 Å². The van der Waals surface area contributed by atoms with Gasteiger partial charge in [-0.2, -0.15) is 9.29 Å². The van der Waals surface area contributed by atoms with Crippen molar-refractivity contribution in [1.82, 2.24) is 14.4 Å². The number of rotatable bonds is 4. The molecule has 2 aromatic carbocycles. The molecule has 6 nitrogen and oxygen atoms in total. The van der Waals surface area contributed by atoms with Crippen molar-refractivity contribution in [2.24, 2.45) is 0 Å². The number of hydrogen-bond acceptors (Lipinski definition) is 5. The van der Waals surface area contributed by atoms with E-state index in [0.717, 1.165) is 16.7 Å². The van der Waals surface area contributed by atoms with Crippen LogP contribution in [0.3, 0.4) is 0 Å². The number of halogens is 1. The van der Waals surface area contributed by atoms with Crippen LogP contribution < -0.4 is 0 Å². The highest BCUT2D eigenvalue weighted by Gasteiger charge is 2.40. The first-order chi connectivity index (χ1) is 13.8. The Morgan fingerprint density at radius 2 is 1.76 bits per heavy atom. The quantitative estimate of drug-likeness (QED) is 0.634. The van der Waals surface area contributed by atoms with Gasteiger partial charge in [-0.3, -0.25) is 0 Å². The molecule has 0 spiro atoms. The number of aromatic nitrogens is 2. The molecule has 0 radical (unpaired) electrons. The molecule has 0 amide bonds. The molecule has 0 unspecified atom stereocenters. The van der Waals surface area contributed by atoms with Gasteiger partial charge in [-0.1, -0.05) is 11.2 Å². The van der Waals surface area contributed by atoms with E-state index in [0.29, 0.717) is 35.7 Å². The number of aryl methyl sites for hydroxylation is 3. The average Bonchev–Trinajstić information content (AvgIpc) is 3.34. The molecule has 1 atom stereocenters. The molecule has 1 aliphatic rings. The highest BCUT2D eigenvalue weighted by atomic mass is 32.2. The number of sulfonamides is 1. The summed E-state index contributed by atoms with van der Waals surface area (Å²) in [6.45, 7) is 6.08. The van der Waals surface area contributed by atoms with Crippen LogP contribution in [-0.4, -0.2) is 29.4 Å². The first-order valence-corrected chi connectivity index (χ1v) is 10.9. The molecule has 4 rings (SSSR count). The van der Waals surface area contributed by atoms with Crippen molar-refractivity contribution in [3.8, 4) is 11.4 Å². The molecular weight excluding hydrogens is 393 g/mol. The summed E-state index contributed by atoms with van der Waals surface area (Å²) in [5.74, 6) is 0.216. The lowest BCUT2D eigenvalue weighted by Gasteiger charge is -2.23. The zero-order valence-corrected chi connectivity index (χ0v) is 17.3. The Balaban J connectivity index is 1.68. The van der Waals surface area contributed by atoms with Gasteiger partial charge in [0.1, 0.15) is 11.9 Å². The van der Waals surface area contributed by atoms with E-state index in [1.165, 1.54) is 16.4 Å². The fourth-order valence-corrected chi connectivity index (χ4v) is 5.64. The van der Waals surface area contributed by atoms with Gasteiger partial charge in [-0.15, -0.1) is 0 Å². The number of benzene rings is 2. The van der Waals surface area contributed by atoms with Gasteiger partial charge in [0.25, 0.3) is 0 Å². The Hall–Kier alpha value is -2.58. The summed E-state index contributed by atoms with van der Waals surface area (Å²) in [6, 6.07) is 8.87. The summed E-state index contributed by atoms with van der Waals surface area (Å²) < 4.78 is 46.8. The minimum absolute atomic E-state index is 0.256. The minimum atomic E-state index is -3.71. The number of nitrogens with zero attached hydrogens (tertiary/aromatic N) is 3. The first-order valence-electron chi connectivity index (χ1n) is 9.46. The monoisotopic (exact) mass is 415 g/mol. The SMILES string of the molecule is Cc1cc(C)c(S(=O)(=O)N2CCC[C@@H]2c2nc(-c3ccc(F)cc3)no2)cc1C. The summed E-state index contributed by atoms with van der Waals surface area (Å²) in [5.41, 5.74) is 3.32. The van der Waals surface area contributed by atoms with E-state index in [-0.39, 0.29) is 11.7 Å². The summed E-state index contributed by atoms with van der Waals surface area (Å²) in [5, 5.41) is 3.96.